The van der Waals surface area contributed by atoms with E-state index in [-0.39, 0.29) is 18.8 Å². The van der Waals surface area contributed by atoms with Gasteiger partial charge in [0.2, 0.25) is 0 Å². The molecule has 2 saturated heterocycles. The third kappa shape index (κ3) is 5.07. The van der Waals surface area contributed by atoms with Gasteiger partial charge in [-0.3, -0.25) is 0 Å². The maximum absolute atomic E-state index is 12.1. The Balaban J connectivity index is 1.48. The van der Waals surface area contributed by atoms with Crippen molar-refractivity contribution in [1.29, 1.82) is 0 Å². The first-order chi connectivity index (χ1) is 12.9. The SMILES string of the molecule is CO[C@@H]1O[C@H](COC(=O)/C=C(/C)NCc2ccccc2)[C@H]2OC(C)(C)O[C@@H]12. The molecule has 7 nitrogen and oxygen atoms in total. The fraction of sp³-hybridized carbons (Fsp3) is 0.550. The highest BCUT2D eigenvalue weighted by molar-refractivity contribution is 5.82. The topological polar surface area (TPSA) is 75.3 Å². The van der Waals surface area contributed by atoms with E-state index in [1.54, 1.807) is 7.11 Å². The third-order valence-electron chi connectivity index (χ3n) is 4.48. The Bertz CT molecular complexity index is 674. The number of nitrogens with one attached hydrogen (secondary N) is 1. The zero-order valence-electron chi connectivity index (χ0n) is 16.1. The lowest BCUT2D eigenvalue weighted by Crippen LogP contribution is -2.33. The van der Waals surface area contributed by atoms with Crippen molar-refractivity contribution in [2.24, 2.45) is 0 Å². The molecular weight excluding hydrogens is 350 g/mol. The van der Waals surface area contributed by atoms with Gasteiger partial charge in [0.25, 0.3) is 0 Å². The maximum Gasteiger partial charge on any atom is 0.332 e. The second-order valence-corrected chi connectivity index (χ2v) is 7.14. The van der Waals surface area contributed by atoms with E-state index in [2.05, 4.69) is 5.32 Å². The van der Waals surface area contributed by atoms with Crippen LogP contribution < -0.4 is 5.32 Å². The van der Waals surface area contributed by atoms with Crippen molar-refractivity contribution >= 4 is 5.97 Å². The standard InChI is InChI=1S/C20H27NO6/c1-13(21-11-14-8-6-5-7-9-14)10-16(22)24-12-15-17-18(19(23-4)25-15)27-20(2,3)26-17/h5-10,15,17-19,21H,11-12H2,1-4H3/b13-10-/t15-,17-,18-,19-/m1/s1. The van der Waals surface area contributed by atoms with E-state index in [1.165, 1.54) is 6.08 Å². The molecule has 0 saturated carbocycles. The van der Waals surface area contributed by atoms with E-state index in [1.807, 2.05) is 51.1 Å². The molecule has 2 aliphatic heterocycles. The number of carbonyl (C=O) groups excluding carboxylic acids is 1. The van der Waals surface area contributed by atoms with Crippen molar-refractivity contribution in [3.63, 3.8) is 0 Å². The van der Waals surface area contributed by atoms with Crippen LogP contribution in [0.4, 0.5) is 0 Å². The smallest absolute Gasteiger partial charge is 0.332 e. The minimum atomic E-state index is -0.712. The summed E-state index contributed by atoms with van der Waals surface area (Å²) in [5.41, 5.74) is 1.86. The van der Waals surface area contributed by atoms with Gasteiger partial charge in [0.15, 0.2) is 12.1 Å². The number of carbonyl (C=O) groups is 1. The van der Waals surface area contributed by atoms with Crippen LogP contribution >= 0.6 is 0 Å². The molecule has 1 aromatic rings. The van der Waals surface area contributed by atoms with E-state index in [0.29, 0.717) is 6.54 Å². The summed E-state index contributed by atoms with van der Waals surface area (Å²) in [5, 5.41) is 3.19. The molecule has 0 bridgehead atoms. The normalized spacial score (nSPS) is 29.4. The minimum absolute atomic E-state index is 0.0712. The molecule has 2 aliphatic rings. The second kappa shape index (κ2) is 8.39. The third-order valence-corrected chi connectivity index (χ3v) is 4.48. The number of fused-ring (bicyclic) bond motifs is 1. The van der Waals surface area contributed by atoms with Crippen molar-refractivity contribution < 1.29 is 28.5 Å². The Morgan fingerprint density at radius 2 is 1.93 bits per heavy atom. The van der Waals surface area contributed by atoms with Crippen LogP contribution in [0.3, 0.4) is 0 Å². The van der Waals surface area contributed by atoms with Gasteiger partial charge in [-0.15, -0.1) is 0 Å². The van der Waals surface area contributed by atoms with Crippen LogP contribution in [0.1, 0.15) is 26.3 Å². The Kier molecular flexibility index (Phi) is 6.16. The molecule has 2 heterocycles. The van der Waals surface area contributed by atoms with Gasteiger partial charge in [0, 0.05) is 25.4 Å². The molecule has 3 rings (SSSR count). The lowest BCUT2D eigenvalue weighted by molar-refractivity contribution is -0.231. The summed E-state index contributed by atoms with van der Waals surface area (Å²) in [5.74, 6) is -1.15. The van der Waals surface area contributed by atoms with Gasteiger partial charge in [-0.05, 0) is 26.3 Å². The molecule has 4 atom stereocenters. The van der Waals surface area contributed by atoms with Gasteiger partial charge < -0.3 is 29.0 Å². The number of hydrogen-bond acceptors (Lipinski definition) is 7. The average molecular weight is 377 g/mol. The lowest BCUT2D eigenvalue weighted by Gasteiger charge is -2.23. The minimum Gasteiger partial charge on any atom is -0.460 e. The first-order valence-electron chi connectivity index (χ1n) is 9.05. The summed E-state index contributed by atoms with van der Waals surface area (Å²) in [6.07, 6.45) is -0.210. The molecule has 0 amide bonds. The molecule has 2 fully saturated rings. The number of rotatable bonds is 7. The van der Waals surface area contributed by atoms with Crippen LogP contribution in [0.25, 0.3) is 0 Å². The molecule has 27 heavy (non-hydrogen) atoms. The van der Waals surface area contributed by atoms with Crippen LogP contribution in [-0.2, 0) is 35.0 Å². The zero-order valence-corrected chi connectivity index (χ0v) is 16.1. The highest BCUT2D eigenvalue weighted by atomic mass is 16.8. The molecule has 0 aliphatic carbocycles. The Labute approximate surface area is 159 Å². The van der Waals surface area contributed by atoms with Crippen molar-refractivity contribution in [2.45, 2.75) is 57.7 Å². The highest BCUT2D eigenvalue weighted by Crippen LogP contribution is 2.38. The van der Waals surface area contributed by atoms with E-state index in [0.717, 1.165) is 11.3 Å². The summed E-state index contributed by atoms with van der Waals surface area (Å²) in [7, 11) is 1.55. The zero-order chi connectivity index (χ0) is 19.4. The van der Waals surface area contributed by atoms with E-state index < -0.39 is 24.2 Å². The van der Waals surface area contributed by atoms with Crippen LogP contribution in [-0.4, -0.2) is 50.1 Å². The first-order valence-corrected chi connectivity index (χ1v) is 9.05. The van der Waals surface area contributed by atoms with Crippen molar-refractivity contribution in [3.05, 3.63) is 47.7 Å². The van der Waals surface area contributed by atoms with Crippen LogP contribution in [0.15, 0.2) is 42.1 Å². The molecule has 148 valence electrons. The molecule has 0 radical (unpaired) electrons. The van der Waals surface area contributed by atoms with E-state index in [9.17, 15) is 4.79 Å². The Hall–Kier alpha value is -1.93. The summed E-state index contributed by atoms with van der Waals surface area (Å²) in [4.78, 5) is 12.1. The fourth-order valence-electron chi connectivity index (χ4n) is 3.24. The van der Waals surface area contributed by atoms with Crippen LogP contribution in [0, 0.1) is 0 Å². The quantitative estimate of drug-likeness (QED) is 0.576. The molecule has 7 heteroatoms. The van der Waals surface area contributed by atoms with Gasteiger partial charge in [0.1, 0.15) is 24.9 Å². The van der Waals surface area contributed by atoms with Gasteiger partial charge >= 0.3 is 5.97 Å². The van der Waals surface area contributed by atoms with Crippen LogP contribution in [0.5, 0.6) is 0 Å². The number of benzene rings is 1. The number of hydrogen-bond donors (Lipinski definition) is 1. The van der Waals surface area contributed by atoms with Crippen molar-refractivity contribution in [2.75, 3.05) is 13.7 Å². The molecule has 1 N–H and O–H groups in total. The van der Waals surface area contributed by atoms with Gasteiger partial charge in [0.05, 0.1) is 0 Å². The van der Waals surface area contributed by atoms with Crippen molar-refractivity contribution in [1.82, 2.24) is 5.32 Å². The predicted molar refractivity (Wildman–Crippen MR) is 97.5 cm³/mol. The Morgan fingerprint density at radius 1 is 1.22 bits per heavy atom. The second-order valence-electron chi connectivity index (χ2n) is 7.14. The highest BCUT2D eigenvalue weighted by Gasteiger charge is 2.55. The maximum atomic E-state index is 12.1. The predicted octanol–water partition coefficient (Wildman–Crippen LogP) is 2.11. The van der Waals surface area contributed by atoms with Gasteiger partial charge in [-0.25, -0.2) is 4.79 Å². The van der Waals surface area contributed by atoms with E-state index in [4.69, 9.17) is 23.7 Å². The molecule has 1 aromatic carbocycles. The Morgan fingerprint density at radius 3 is 2.63 bits per heavy atom. The van der Waals surface area contributed by atoms with Crippen molar-refractivity contribution in [3.8, 4) is 0 Å². The monoisotopic (exact) mass is 377 g/mol. The number of allylic oxidation sites excluding steroid dienone is 1. The van der Waals surface area contributed by atoms with Gasteiger partial charge in [-0.1, -0.05) is 30.3 Å². The number of ether oxygens (including phenoxy) is 5. The number of methoxy groups -OCH3 is 1. The average Bonchev–Trinajstić information content (AvgIpc) is 3.12. The molecule has 0 spiro atoms. The molecule has 0 aromatic heterocycles. The van der Waals surface area contributed by atoms with Crippen LogP contribution in [0.2, 0.25) is 0 Å². The summed E-state index contributed by atoms with van der Waals surface area (Å²) in [6, 6.07) is 9.95. The molecular formula is C20H27NO6. The summed E-state index contributed by atoms with van der Waals surface area (Å²) in [6.45, 7) is 6.21. The largest absolute Gasteiger partial charge is 0.460 e. The van der Waals surface area contributed by atoms with Gasteiger partial charge in [-0.2, -0.15) is 0 Å². The number of esters is 1. The van der Waals surface area contributed by atoms with E-state index >= 15 is 0 Å². The first kappa shape index (κ1) is 19.8. The lowest BCUT2D eigenvalue weighted by atomic mass is 10.1. The molecule has 0 unspecified atom stereocenters. The summed E-state index contributed by atoms with van der Waals surface area (Å²) < 4.78 is 28.1. The summed E-state index contributed by atoms with van der Waals surface area (Å²) >= 11 is 0. The fourth-order valence-corrected chi connectivity index (χ4v) is 3.24.